The number of carbonyl (C=O) groups excluding carboxylic acids is 1. The van der Waals surface area contributed by atoms with Crippen LogP contribution in [-0.2, 0) is 20.7 Å². The van der Waals surface area contributed by atoms with Crippen molar-refractivity contribution in [2.75, 3.05) is 13.2 Å². The van der Waals surface area contributed by atoms with Crippen molar-refractivity contribution in [3.8, 4) is 0 Å². The molecule has 1 aromatic carbocycles. The largest absolute Gasteiger partial charge is 0.394 e. The molecule has 0 unspecified atom stereocenters. The molecule has 128 valence electrons. The Morgan fingerprint density at radius 1 is 1.26 bits per heavy atom. The highest BCUT2D eigenvalue weighted by molar-refractivity contribution is 5.73. The van der Waals surface area contributed by atoms with E-state index < -0.39 is 37.3 Å². The molecule has 23 heavy (non-hydrogen) atoms. The summed E-state index contributed by atoms with van der Waals surface area (Å²) in [6.45, 7) is 1.16. The standard InChI is InChI=1S/C16H23NO6/c1-10(19)17-13-15(21)14(20)12(9-18)23-16(13)22-8-7-11-5-3-2-4-6-11/h2-6,12-16,18,20-21H,7-9H2,1H3,(H,17,19)/t12-,13+,14-,15-,16-/m1/s1. The van der Waals surface area contributed by atoms with Crippen LogP contribution >= 0.6 is 0 Å². The number of aliphatic hydroxyl groups excluding tert-OH is 3. The van der Waals surface area contributed by atoms with Crippen LogP contribution in [0, 0.1) is 0 Å². The third-order valence-corrected chi connectivity index (χ3v) is 3.77. The van der Waals surface area contributed by atoms with E-state index in [2.05, 4.69) is 5.32 Å². The van der Waals surface area contributed by atoms with Gasteiger partial charge in [-0.15, -0.1) is 0 Å². The fourth-order valence-corrected chi connectivity index (χ4v) is 2.55. The van der Waals surface area contributed by atoms with Gasteiger partial charge in [0, 0.05) is 6.92 Å². The topological polar surface area (TPSA) is 108 Å². The van der Waals surface area contributed by atoms with Crippen molar-refractivity contribution in [1.82, 2.24) is 5.32 Å². The first-order valence-corrected chi connectivity index (χ1v) is 7.58. The molecule has 1 aromatic rings. The summed E-state index contributed by atoms with van der Waals surface area (Å²) < 4.78 is 11.1. The average molecular weight is 325 g/mol. The minimum atomic E-state index is -1.30. The molecule has 1 fully saturated rings. The quantitative estimate of drug-likeness (QED) is 0.545. The van der Waals surface area contributed by atoms with Crippen LogP contribution in [0.15, 0.2) is 30.3 Å². The molecule has 1 heterocycles. The summed E-state index contributed by atoms with van der Waals surface area (Å²) in [5.41, 5.74) is 1.08. The SMILES string of the molecule is CC(=O)N[C@@H]1[C@H](OCCc2ccccc2)O[C@H](CO)[C@@H](O)[C@@H]1O. The van der Waals surface area contributed by atoms with Crippen molar-refractivity contribution in [2.45, 2.75) is 44.0 Å². The Labute approximate surface area is 134 Å². The van der Waals surface area contributed by atoms with Crippen molar-refractivity contribution >= 4 is 5.91 Å². The number of rotatable bonds is 6. The molecular formula is C16H23NO6. The Kier molecular flexibility index (Phi) is 6.49. The molecule has 0 bridgehead atoms. The van der Waals surface area contributed by atoms with Crippen LogP contribution in [0.4, 0.5) is 0 Å². The molecule has 1 saturated heterocycles. The lowest BCUT2D eigenvalue weighted by atomic mass is 9.97. The summed E-state index contributed by atoms with van der Waals surface area (Å²) in [5, 5.41) is 31.8. The Morgan fingerprint density at radius 2 is 1.96 bits per heavy atom. The summed E-state index contributed by atoms with van der Waals surface area (Å²) >= 11 is 0. The van der Waals surface area contributed by atoms with Crippen LogP contribution in [-0.4, -0.2) is 65.1 Å². The lowest BCUT2D eigenvalue weighted by Gasteiger charge is -2.42. The highest BCUT2D eigenvalue weighted by Crippen LogP contribution is 2.22. The molecule has 0 radical (unpaired) electrons. The molecule has 7 heteroatoms. The van der Waals surface area contributed by atoms with E-state index in [0.29, 0.717) is 13.0 Å². The Hall–Kier alpha value is -1.51. The average Bonchev–Trinajstić information content (AvgIpc) is 2.54. The number of hydrogen-bond donors (Lipinski definition) is 4. The molecule has 2 rings (SSSR count). The summed E-state index contributed by atoms with van der Waals surface area (Å²) in [6.07, 6.45) is -3.86. The smallest absolute Gasteiger partial charge is 0.217 e. The van der Waals surface area contributed by atoms with Crippen LogP contribution in [0.1, 0.15) is 12.5 Å². The molecule has 4 N–H and O–H groups in total. The monoisotopic (exact) mass is 325 g/mol. The van der Waals surface area contributed by atoms with Gasteiger partial charge < -0.3 is 30.1 Å². The predicted molar refractivity (Wildman–Crippen MR) is 81.5 cm³/mol. The van der Waals surface area contributed by atoms with Gasteiger partial charge in [-0.05, 0) is 12.0 Å². The van der Waals surface area contributed by atoms with E-state index in [1.165, 1.54) is 6.92 Å². The number of ether oxygens (including phenoxy) is 2. The maximum atomic E-state index is 11.3. The number of nitrogens with one attached hydrogen (secondary N) is 1. The number of aliphatic hydroxyl groups is 3. The number of carbonyl (C=O) groups is 1. The van der Waals surface area contributed by atoms with Crippen molar-refractivity contribution in [3.63, 3.8) is 0 Å². The van der Waals surface area contributed by atoms with Crippen LogP contribution in [0.3, 0.4) is 0 Å². The second kappa shape index (κ2) is 8.37. The molecule has 0 aliphatic carbocycles. The molecule has 1 aliphatic rings. The van der Waals surface area contributed by atoms with Gasteiger partial charge >= 0.3 is 0 Å². The lowest BCUT2D eigenvalue weighted by Crippen LogP contribution is -2.64. The van der Waals surface area contributed by atoms with E-state index in [0.717, 1.165) is 5.56 Å². The number of benzene rings is 1. The third kappa shape index (κ3) is 4.73. The molecule has 1 amide bonds. The van der Waals surface area contributed by atoms with E-state index in [4.69, 9.17) is 9.47 Å². The summed E-state index contributed by atoms with van der Waals surface area (Å²) in [7, 11) is 0. The zero-order valence-electron chi connectivity index (χ0n) is 13.0. The number of hydrogen-bond acceptors (Lipinski definition) is 6. The van der Waals surface area contributed by atoms with Crippen LogP contribution in [0.5, 0.6) is 0 Å². The van der Waals surface area contributed by atoms with Gasteiger partial charge in [0.15, 0.2) is 6.29 Å². The first-order chi connectivity index (χ1) is 11.0. The fraction of sp³-hybridized carbons (Fsp3) is 0.562. The zero-order chi connectivity index (χ0) is 16.8. The van der Waals surface area contributed by atoms with Crippen molar-refractivity contribution < 1.29 is 29.6 Å². The highest BCUT2D eigenvalue weighted by Gasteiger charge is 2.45. The summed E-state index contributed by atoms with van der Waals surface area (Å²) in [6, 6.07) is 8.80. The minimum Gasteiger partial charge on any atom is -0.394 e. The lowest BCUT2D eigenvalue weighted by molar-refractivity contribution is -0.269. The number of amides is 1. The summed E-state index contributed by atoms with van der Waals surface area (Å²) in [5.74, 6) is -0.371. The van der Waals surface area contributed by atoms with E-state index >= 15 is 0 Å². The van der Waals surface area contributed by atoms with E-state index in [-0.39, 0.29) is 5.91 Å². The van der Waals surface area contributed by atoms with Gasteiger partial charge in [-0.3, -0.25) is 4.79 Å². The first kappa shape index (κ1) is 17.8. The van der Waals surface area contributed by atoms with E-state index in [9.17, 15) is 20.1 Å². The van der Waals surface area contributed by atoms with Gasteiger partial charge in [0.25, 0.3) is 0 Å². The fourth-order valence-electron chi connectivity index (χ4n) is 2.55. The molecule has 7 nitrogen and oxygen atoms in total. The van der Waals surface area contributed by atoms with Gasteiger partial charge in [0.2, 0.25) is 5.91 Å². The van der Waals surface area contributed by atoms with Crippen molar-refractivity contribution in [2.24, 2.45) is 0 Å². The first-order valence-electron chi connectivity index (χ1n) is 7.58. The van der Waals surface area contributed by atoms with Crippen molar-refractivity contribution in [1.29, 1.82) is 0 Å². The van der Waals surface area contributed by atoms with E-state index in [1.807, 2.05) is 30.3 Å². The molecular weight excluding hydrogens is 302 g/mol. The Bertz CT molecular complexity index is 497. The maximum Gasteiger partial charge on any atom is 0.217 e. The highest BCUT2D eigenvalue weighted by atomic mass is 16.7. The second-order valence-corrected chi connectivity index (χ2v) is 5.54. The Balaban J connectivity index is 1.98. The third-order valence-electron chi connectivity index (χ3n) is 3.77. The van der Waals surface area contributed by atoms with Crippen LogP contribution in [0.2, 0.25) is 0 Å². The van der Waals surface area contributed by atoms with Gasteiger partial charge in [-0.25, -0.2) is 0 Å². The van der Waals surface area contributed by atoms with Gasteiger partial charge in [-0.1, -0.05) is 30.3 Å². The molecule has 0 saturated carbocycles. The van der Waals surface area contributed by atoms with E-state index in [1.54, 1.807) is 0 Å². The van der Waals surface area contributed by atoms with Gasteiger partial charge in [-0.2, -0.15) is 0 Å². The predicted octanol–water partition coefficient (Wildman–Crippen LogP) is -0.811. The minimum absolute atomic E-state index is 0.311. The maximum absolute atomic E-state index is 11.3. The summed E-state index contributed by atoms with van der Waals surface area (Å²) in [4.78, 5) is 11.3. The molecule has 0 spiro atoms. The van der Waals surface area contributed by atoms with Crippen molar-refractivity contribution in [3.05, 3.63) is 35.9 Å². The molecule has 1 aliphatic heterocycles. The van der Waals surface area contributed by atoms with Gasteiger partial charge in [0.05, 0.1) is 13.2 Å². The second-order valence-electron chi connectivity index (χ2n) is 5.54. The molecule has 0 aromatic heterocycles. The molecule has 5 atom stereocenters. The van der Waals surface area contributed by atoms with Crippen LogP contribution < -0.4 is 5.32 Å². The van der Waals surface area contributed by atoms with Gasteiger partial charge in [0.1, 0.15) is 24.4 Å². The van der Waals surface area contributed by atoms with Crippen LogP contribution in [0.25, 0.3) is 0 Å². The Morgan fingerprint density at radius 3 is 2.57 bits per heavy atom. The normalized spacial score (nSPS) is 30.9. The zero-order valence-corrected chi connectivity index (χ0v) is 13.0.